The number of anilines is 3. The van der Waals surface area contributed by atoms with E-state index in [4.69, 9.17) is 0 Å². The highest BCUT2D eigenvalue weighted by atomic mass is 15.4. The lowest BCUT2D eigenvalue weighted by Crippen LogP contribution is -2.65. The van der Waals surface area contributed by atoms with Gasteiger partial charge in [0.2, 0.25) is 0 Å². The molecule has 35 heavy (non-hydrogen) atoms. The van der Waals surface area contributed by atoms with E-state index in [1.165, 1.54) is 11.4 Å². The number of nitrogens with one attached hydrogen (secondary N) is 1. The van der Waals surface area contributed by atoms with Gasteiger partial charge in [0, 0.05) is 106 Å². The van der Waals surface area contributed by atoms with Gasteiger partial charge in [-0.05, 0) is 37.3 Å². The fourth-order valence-corrected chi connectivity index (χ4v) is 5.99. The van der Waals surface area contributed by atoms with Crippen LogP contribution in [0, 0.1) is 11.3 Å². The normalized spacial score (nSPS) is 23.3. The summed E-state index contributed by atoms with van der Waals surface area (Å²) >= 11 is 0. The van der Waals surface area contributed by atoms with Crippen LogP contribution in [0.2, 0.25) is 0 Å². The molecule has 180 valence electrons. The Labute approximate surface area is 206 Å². The van der Waals surface area contributed by atoms with Crippen molar-refractivity contribution in [3.63, 3.8) is 0 Å². The third-order valence-electron chi connectivity index (χ3n) is 7.75. The van der Waals surface area contributed by atoms with Crippen molar-refractivity contribution in [2.24, 2.45) is 0 Å². The summed E-state index contributed by atoms with van der Waals surface area (Å²) < 4.78 is 0. The zero-order chi connectivity index (χ0) is 23.8. The second-order valence-corrected chi connectivity index (χ2v) is 9.84. The van der Waals surface area contributed by atoms with Crippen molar-refractivity contribution in [2.45, 2.75) is 19.0 Å². The molecule has 6 rings (SSSR count). The van der Waals surface area contributed by atoms with Crippen molar-refractivity contribution in [3.8, 4) is 6.07 Å². The van der Waals surface area contributed by atoms with E-state index >= 15 is 0 Å². The SMILES string of the molecule is C[C@@H]1CN(c2ccc(C#N)c3ncccc23)C[C@@H]2CN(c3ccnc(N4CCNCC4)c3)CCN21. The molecule has 3 aromatic rings. The van der Waals surface area contributed by atoms with Crippen LogP contribution >= 0.6 is 0 Å². The van der Waals surface area contributed by atoms with Crippen LogP contribution in [0.5, 0.6) is 0 Å². The van der Waals surface area contributed by atoms with Crippen LogP contribution < -0.4 is 20.0 Å². The monoisotopic (exact) mass is 468 g/mol. The first-order valence-electron chi connectivity index (χ1n) is 12.7. The van der Waals surface area contributed by atoms with E-state index in [9.17, 15) is 5.26 Å². The van der Waals surface area contributed by atoms with Gasteiger partial charge in [0.15, 0.2) is 0 Å². The quantitative estimate of drug-likeness (QED) is 0.628. The van der Waals surface area contributed by atoms with Gasteiger partial charge in [-0.1, -0.05) is 0 Å². The molecule has 2 atom stereocenters. The van der Waals surface area contributed by atoms with Crippen molar-refractivity contribution in [3.05, 3.63) is 54.4 Å². The molecule has 0 unspecified atom stereocenters. The number of benzene rings is 1. The summed E-state index contributed by atoms with van der Waals surface area (Å²) in [5, 5.41) is 14.0. The van der Waals surface area contributed by atoms with E-state index < -0.39 is 0 Å². The van der Waals surface area contributed by atoms with Crippen molar-refractivity contribution in [2.75, 3.05) is 73.6 Å². The molecule has 3 saturated heterocycles. The lowest BCUT2D eigenvalue weighted by Gasteiger charge is -2.51. The second kappa shape index (κ2) is 9.33. The minimum Gasteiger partial charge on any atom is -0.368 e. The summed E-state index contributed by atoms with van der Waals surface area (Å²) in [6, 6.07) is 15.7. The number of fused-ring (bicyclic) bond motifs is 2. The number of hydrogen-bond acceptors (Lipinski definition) is 8. The maximum atomic E-state index is 9.55. The lowest BCUT2D eigenvalue weighted by atomic mass is 10.0. The Hall–Kier alpha value is -3.41. The van der Waals surface area contributed by atoms with E-state index in [0.717, 1.165) is 75.6 Å². The van der Waals surface area contributed by atoms with E-state index in [0.29, 0.717) is 17.6 Å². The minimum absolute atomic E-state index is 0.436. The predicted octanol–water partition coefficient (Wildman–Crippen LogP) is 2.31. The van der Waals surface area contributed by atoms with Crippen molar-refractivity contribution in [1.82, 2.24) is 20.2 Å². The molecule has 1 N–H and O–H groups in total. The second-order valence-electron chi connectivity index (χ2n) is 9.84. The summed E-state index contributed by atoms with van der Waals surface area (Å²) in [5.41, 5.74) is 3.88. The van der Waals surface area contributed by atoms with Crippen LogP contribution in [-0.2, 0) is 0 Å². The van der Waals surface area contributed by atoms with Crippen molar-refractivity contribution >= 4 is 28.1 Å². The summed E-state index contributed by atoms with van der Waals surface area (Å²) in [6.07, 6.45) is 3.74. The van der Waals surface area contributed by atoms with Gasteiger partial charge in [-0.3, -0.25) is 9.88 Å². The Morgan fingerprint density at radius 1 is 0.914 bits per heavy atom. The average molecular weight is 469 g/mol. The molecular formula is C27H32N8. The van der Waals surface area contributed by atoms with Crippen LogP contribution in [0.25, 0.3) is 10.9 Å². The number of nitrogens with zero attached hydrogens (tertiary/aromatic N) is 7. The van der Waals surface area contributed by atoms with E-state index in [1.807, 2.05) is 18.3 Å². The van der Waals surface area contributed by atoms with Gasteiger partial charge in [-0.2, -0.15) is 5.26 Å². The van der Waals surface area contributed by atoms with Gasteiger partial charge in [0.05, 0.1) is 11.1 Å². The number of aromatic nitrogens is 2. The number of pyridine rings is 2. The highest BCUT2D eigenvalue weighted by molar-refractivity contribution is 5.95. The van der Waals surface area contributed by atoms with Crippen LogP contribution in [0.1, 0.15) is 12.5 Å². The van der Waals surface area contributed by atoms with E-state index in [2.05, 4.69) is 72.1 Å². The Morgan fingerprint density at radius 2 is 1.77 bits per heavy atom. The van der Waals surface area contributed by atoms with Crippen LogP contribution in [0.4, 0.5) is 17.2 Å². The minimum atomic E-state index is 0.436. The zero-order valence-corrected chi connectivity index (χ0v) is 20.3. The first-order chi connectivity index (χ1) is 17.2. The molecular weight excluding hydrogens is 436 g/mol. The van der Waals surface area contributed by atoms with E-state index in [-0.39, 0.29) is 0 Å². The summed E-state index contributed by atoms with van der Waals surface area (Å²) in [4.78, 5) is 19.3. The van der Waals surface area contributed by atoms with Crippen molar-refractivity contribution < 1.29 is 0 Å². The molecule has 0 bridgehead atoms. The zero-order valence-electron chi connectivity index (χ0n) is 20.3. The van der Waals surface area contributed by atoms with Crippen LogP contribution in [-0.4, -0.2) is 85.9 Å². The first-order valence-corrected chi connectivity index (χ1v) is 12.7. The summed E-state index contributed by atoms with van der Waals surface area (Å²) in [7, 11) is 0. The number of hydrogen-bond donors (Lipinski definition) is 1. The molecule has 0 saturated carbocycles. The van der Waals surface area contributed by atoms with E-state index in [1.54, 1.807) is 6.20 Å². The Balaban J connectivity index is 1.24. The Bertz CT molecular complexity index is 1250. The first kappa shape index (κ1) is 22.1. The number of rotatable bonds is 3. The largest absolute Gasteiger partial charge is 0.368 e. The highest BCUT2D eigenvalue weighted by Crippen LogP contribution is 2.33. The molecule has 3 aliphatic rings. The molecule has 8 nitrogen and oxygen atoms in total. The summed E-state index contributed by atoms with van der Waals surface area (Å²) in [5.74, 6) is 1.08. The van der Waals surface area contributed by atoms with Gasteiger partial charge in [0.25, 0.3) is 0 Å². The molecule has 0 aliphatic carbocycles. The standard InChI is InChI=1S/C27H32N8/c1-20-17-34(25-5-4-21(16-28)27-24(25)3-2-7-31-27)19-23-18-33(13-14-35(20)23)22-6-8-30-26(15-22)32-11-9-29-10-12-32/h2-8,15,20,23,29H,9-14,17-19H2,1H3/t20-,23+/m1/s1. The van der Waals surface area contributed by atoms with Gasteiger partial charge < -0.3 is 20.0 Å². The fourth-order valence-electron chi connectivity index (χ4n) is 5.99. The Kier molecular flexibility index (Phi) is 5.88. The third-order valence-corrected chi connectivity index (χ3v) is 7.75. The molecule has 0 radical (unpaired) electrons. The lowest BCUT2D eigenvalue weighted by molar-refractivity contribution is 0.108. The molecule has 8 heteroatoms. The Morgan fingerprint density at radius 3 is 2.63 bits per heavy atom. The fraction of sp³-hybridized carbons (Fsp3) is 0.444. The maximum Gasteiger partial charge on any atom is 0.130 e. The van der Waals surface area contributed by atoms with Crippen LogP contribution in [0.15, 0.2) is 48.8 Å². The molecule has 0 amide bonds. The topological polar surface area (TPSA) is 74.6 Å². The van der Waals surface area contributed by atoms with Crippen molar-refractivity contribution in [1.29, 1.82) is 5.26 Å². The number of nitriles is 1. The number of piperazine rings is 3. The molecule has 3 fully saturated rings. The smallest absolute Gasteiger partial charge is 0.130 e. The molecule has 3 aliphatic heterocycles. The average Bonchev–Trinajstić information content (AvgIpc) is 2.92. The predicted molar refractivity (Wildman–Crippen MR) is 140 cm³/mol. The van der Waals surface area contributed by atoms with Gasteiger partial charge in [-0.15, -0.1) is 0 Å². The molecule has 2 aromatic heterocycles. The maximum absolute atomic E-state index is 9.55. The van der Waals surface area contributed by atoms with Gasteiger partial charge in [0.1, 0.15) is 11.9 Å². The van der Waals surface area contributed by atoms with Gasteiger partial charge in [-0.25, -0.2) is 4.98 Å². The summed E-state index contributed by atoms with van der Waals surface area (Å²) in [6.45, 7) is 11.4. The van der Waals surface area contributed by atoms with Crippen LogP contribution in [0.3, 0.4) is 0 Å². The molecule has 5 heterocycles. The van der Waals surface area contributed by atoms with Gasteiger partial charge >= 0.3 is 0 Å². The highest BCUT2D eigenvalue weighted by Gasteiger charge is 2.37. The third kappa shape index (κ3) is 4.15. The molecule has 1 aromatic carbocycles. The molecule has 0 spiro atoms.